The molecule has 2 amide bonds. The van der Waals surface area contributed by atoms with Gasteiger partial charge in [0.25, 0.3) is 0 Å². The van der Waals surface area contributed by atoms with Crippen LogP contribution < -0.4 is 10.2 Å². The summed E-state index contributed by atoms with van der Waals surface area (Å²) in [6.07, 6.45) is -9.96. The number of nitrogens with one attached hydrogen (secondary N) is 1. The predicted molar refractivity (Wildman–Crippen MR) is 80.3 cm³/mol. The number of carbonyl (C=O) groups is 1. The minimum absolute atomic E-state index is 0.00639. The highest BCUT2D eigenvalue weighted by Gasteiger charge is 2.37. The van der Waals surface area contributed by atoms with Crippen LogP contribution in [0.5, 0.6) is 0 Å². The predicted octanol–water partition coefficient (Wildman–Crippen LogP) is 5.39. The molecule has 0 heterocycles. The summed E-state index contributed by atoms with van der Waals surface area (Å²) < 4.78 is 77.2. The van der Waals surface area contributed by atoms with Gasteiger partial charge in [0, 0.05) is 18.4 Å². The average Bonchev–Trinajstić information content (AvgIpc) is 2.53. The van der Waals surface area contributed by atoms with Gasteiger partial charge in [-0.2, -0.15) is 26.3 Å². The van der Waals surface area contributed by atoms with Gasteiger partial charge < -0.3 is 5.32 Å². The van der Waals surface area contributed by atoms with E-state index in [1.165, 1.54) is 12.1 Å². The molecule has 0 saturated carbocycles. The van der Waals surface area contributed by atoms with Gasteiger partial charge in [0.2, 0.25) is 0 Å². The van der Waals surface area contributed by atoms with E-state index >= 15 is 0 Å². The third-order valence-corrected chi connectivity index (χ3v) is 3.29. The van der Waals surface area contributed by atoms with Gasteiger partial charge in [0.1, 0.15) is 0 Å². The molecule has 0 fully saturated rings. The van der Waals surface area contributed by atoms with Gasteiger partial charge >= 0.3 is 18.4 Å². The summed E-state index contributed by atoms with van der Waals surface area (Å²) in [6, 6.07) is 8.06. The molecule has 3 nitrogen and oxygen atoms in total. The van der Waals surface area contributed by atoms with Crippen LogP contribution in [0.2, 0.25) is 0 Å². The van der Waals surface area contributed by atoms with Gasteiger partial charge in [0.15, 0.2) is 0 Å². The molecule has 134 valence electrons. The first kappa shape index (κ1) is 18.6. The number of alkyl halides is 6. The van der Waals surface area contributed by atoms with Crippen LogP contribution in [0.1, 0.15) is 11.1 Å². The lowest BCUT2D eigenvalue weighted by Gasteiger charge is -2.21. The van der Waals surface area contributed by atoms with E-state index in [4.69, 9.17) is 0 Å². The molecule has 0 aliphatic rings. The van der Waals surface area contributed by atoms with Crippen LogP contribution in [-0.4, -0.2) is 13.1 Å². The Kier molecular flexibility index (Phi) is 4.96. The van der Waals surface area contributed by atoms with Crippen molar-refractivity contribution in [3.63, 3.8) is 0 Å². The maximum absolute atomic E-state index is 12.9. The van der Waals surface area contributed by atoms with Crippen LogP contribution >= 0.6 is 0 Å². The molecule has 9 heteroatoms. The normalized spacial score (nSPS) is 12.0. The second kappa shape index (κ2) is 6.66. The number of benzene rings is 2. The second-order valence-electron chi connectivity index (χ2n) is 5.12. The van der Waals surface area contributed by atoms with Crippen LogP contribution in [0.15, 0.2) is 48.5 Å². The number of amides is 2. The molecule has 0 radical (unpaired) electrons. The summed E-state index contributed by atoms with van der Waals surface area (Å²) in [4.78, 5) is 12.8. The minimum atomic E-state index is -4.98. The molecule has 2 aromatic carbocycles. The van der Waals surface area contributed by atoms with Gasteiger partial charge in [-0.1, -0.05) is 18.2 Å². The second-order valence-corrected chi connectivity index (χ2v) is 5.12. The SMILES string of the molecule is CN(C(=O)Nc1ccccc1)c1cc(C(F)(F)F)cc(C(F)(F)F)c1. The van der Waals surface area contributed by atoms with E-state index in [0.717, 1.165) is 7.05 Å². The summed E-state index contributed by atoms with van der Waals surface area (Å²) >= 11 is 0. The Morgan fingerprint density at radius 2 is 1.36 bits per heavy atom. The molecular weight excluding hydrogens is 350 g/mol. The zero-order valence-electron chi connectivity index (χ0n) is 12.7. The first-order valence-corrected chi connectivity index (χ1v) is 6.88. The first-order valence-electron chi connectivity index (χ1n) is 6.88. The molecule has 0 unspecified atom stereocenters. The number of anilines is 2. The maximum Gasteiger partial charge on any atom is 0.416 e. The minimum Gasteiger partial charge on any atom is -0.308 e. The third kappa shape index (κ3) is 4.65. The molecule has 0 spiro atoms. The van der Waals surface area contributed by atoms with E-state index in [9.17, 15) is 31.1 Å². The lowest BCUT2D eigenvalue weighted by Crippen LogP contribution is -2.31. The quantitative estimate of drug-likeness (QED) is 0.714. The fourth-order valence-electron chi connectivity index (χ4n) is 1.98. The number of nitrogens with zero attached hydrogens (tertiary/aromatic N) is 1. The lowest BCUT2D eigenvalue weighted by atomic mass is 10.1. The third-order valence-electron chi connectivity index (χ3n) is 3.29. The summed E-state index contributed by atoms with van der Waals surface area (Å²) in [5.41, 5.74) is -3.16. The van der Waals surface area contributed by atoms with Gasteiger partial charge in [-0.25, -0.2) is 4.79 Å². The van der Waals surface area contributed by atoms with Crippen molar-refractivity contribution in [1.29, 1.82) is 0 Å². The van der Waals surface area contributed by atoms with Gasteiger partial charge in [-0.15, -0.1) is 0 Å². The van der Waals surface area contributed by atoms with E-state index < -0.39 is 35.2 Å². The molecule has 0 aliphatic carbocycles. The van der Waals surface area contributed by atoms with Crippen molar-refractivity contribution in [2.75, 3.05) is 17.3 Å². The summed E-state index contributed by atoms with van der Waals surface area (Å²) in [7, 11) is 1.08. The highest BCUT2D eigenvalue weighted by molar-refractivity contribution is 6.01. The Hall–Kier alpha value is -2.71. The molecule has 0 aliphatic heterocycles. The van der Waals surface area contributed by atoms with Gasteiger partial charge in [-0.3, -0.25) is 4.90 Å². The Balaban J connectivity index is 2.38. The monoisotopic (exact) mass is 362 g/mol. The number of halogens is 6. The zero-order chi connectivity index (χ0) is 18.8. The van der Waals surface area contributed by atoms with Crippen LogP contribution in [-0.2, 0) is 12.4 Å². The average molecular weight is 362 g/mol. The summed E-state index contributed by atoms with van der Waals surface area (Å²) in [6.45, 7) is 0. The van der Waals surface area contributed by atoms with E-state index in [2.05, 4.69) is 5.32 Å². The molecule has 2 aromatic rings. The molecule has 1 N–H and O–H groups in total. The van der Waals surface area contributed by atoms with Gasteiger partial charge in [0.05, 0.1) is 11.1 Å². The van der Waals surface area contributed by atoms with Crippen molar-refractivity contribution >= 4 is 17.4 Å². The van der Waals surface area contributed by atoms with Crippen molar-refractivity contribution in [2.24, 2.45) is 0 Å². The van der Waals surface area contributed by atoms with E-state index in [-0.39, 0.29) is 6.07 Å². The molecule has 25 heavy (non-hydrogen) atoms. The van der Waals surface area contributed by atoms with Crippen molar-refractivity contribution in [3.8, 4) is 0 Å². The molecule has 0 saturated heterocycles. The lowest BCUT2D eigenvalue weighted by molar-refractivity contribution is -0.143. The largest absolute Gasteiger partial charge is 0.416 e. The Labute approximate surface area is 138 Å². The van der Waals surface area contributed by atoms with E-state index in [1.807, 2.05) is 0 Å². The fourth-order valence-corrected chi connectivity index (χ4v) is 1.98. The number of hydrogen-bond donors (Lipinski definition) is 1. The zero-order valence-corrected chi connectivity index (χ0v) is 12.7. The van der Waals surface area contributed by atoms with Gasteiger partial charge in [-0.05, 0) is 30.3 Å². The number of hydrogen-bond acceptors (Lipinski definition) is 1. The molecule has 2 rings (SSSR count). The maximum atomic E-state index is 12.9. The smallest absolute Gasteiger partial charge is 0.308 e. The van der Waals surface area contributed by atoms with Crippen LogP contribution in [0, 0.1) is 0 Å². The molecule has 0 aromatic heterocycles. The Morgan fingerprint density at radius 1 is 0.880 bits per heavy atom. The highest BCUT2D eigenvalue weighted by atomic mass is 19.4. The first-order chi connectivity index (χ1) is 11.5. The molecule has 0 bridgehead atoms. The van der Waals surface area contributed by atoms with Crippen LogP contribution in [0.4, 0.5) is 42.5 Å². The topological polar surface area (TPSA) is 32.3 Å². The molecular formula is C16H12F6N2O. The van der Waals surface area contributed by atoms with E-state index in [0.29, 0.717) is 22.7 Å². The Morgan fingerprint density at radius 3 is 1.80 bits per heavy atom. The number of urea groups is 1. The van der Waals surface area contributed by atoms with Crippen molar-refractivity contribution in [2.45, 2.75) is 12.4 Å². The number of rotatable bonds is 2. The molecule has 0 atom stereocenters. The number of para-hydroxylation sites is 1. The van der Waals surface area contributed by atoms with Crippen molar-refractivity contribution in [1.82, 2.24) is 0 Å². The van der Waals surface area contributed by atoms with Crippen molar-refractivity contribution < 1.29 is 31.1 Å². The van der Waals surface area contributed by atoms with E-state index in [1.54, 1.807) is 18.2 Å². The fraction of sp³-hybridized carbons (Fsp3) is 0.188. The van der Waals surface area contributed by atoms with Crippen LogP contribution in [0.25, 0.3) is 0 Å². The summed E-state index contributed by atoms with van der Waals surface area (Å²) in [5, 5.41) is 2.38. The van der Waals surface area contributed by atoms with Crippen LogP contribution in [0.3, 0.4) is 0 Å². The number of carbonyl (C=O) groups excluding carboxylic acids is 1. The highest BCUT2D eigenvalue weighted by Crippen LogP contribution is 2.38. The van der Waals surface area contributed by atoms with Crippen molar-refractivity contribution in [3.05, 3.63) is 59.7 Å². The standard InChI is InChI=1S/C16H12F6N2O/c1-24(14(25)23-12-5-3-2-4-6-12)13-8-10(15(17,18)19)7-11(9-13)16(20,21)22/h2-9H,1H3,(H,23,25). The summed E-state index contributed by atoms with van der Waals surface area (Å²) in [5.74, 6) is 0. The Bertz CT molecular complexity index is 723.